The average molecular weight is 260 g/mol. The first-order chi connectivity index (χ1) is 9.17. The van der Waals surface area contributed by atoms with E-state index in [0.29, 0.717) is 12.2 Å². The Morgan fingerprint density at radius 1 is 1.26 bits per heavy atom. The first kappa shape index (κ1) is 13.0. The Bertz CT molecular complexity index is 571. The van der Waals surface area contributed by atoms with Crippen LogP contribution in [0, 0.1) is 5.82 Å². The molecular formula is C13H13FN4O. The normalized spacial score (nSPS) is 10.0. The lowest BCUT2D eigenvalue weighted by Crippen LogP contribution is -2.20. The molecule has 0 spiro atoms. The van der Waals surface area contributed by atoms with Gasteiger partial charge in [0.1, 0.15) is 11.6 Å². The summed E-state index contributed by atoms with van der Waals surface area (Å²) in [6, 6.07) is 9.34. The quantitative estimate of drug-likeness (QED) is 0.792. The van der Waals surface area contributed by atoms with Gasteiger partial charge in [-0.05, 0) is 29.8 Å². The second kappa shape index (κ2) is 5.92. The first-order valence-electron chi connectivity index (χ1n) is 5.66. The zero-order chi connectivity index (χ0) is 13.7. The highest BCUT2D eigenvalue weighted by Gasteiger charge is 2.04. The van der Waals surface area contributed by atoms with Gasteiger partial charge in [0.05, 0.1) is 6.20 Å². The summed E-state index contributed by atoms with van der Waals surface area (Å²) in [6.45, 7) is 0.399. The lowest BCUT2D eigenvalue weighted by atomic mass is 10.2. The van der Waals surface area contributed by atoms with E-state index in [1.165, 1.54) is 12.1 Å². The van der Waals surface area contributed by atoms with Gasteiger partial charge in [-0.2, -0.15) is 0 Å². The second-order valence-electron chi connectivity index (χ2n) is 3.85. The number of hydrogen-bond donors (Lipinski definition) is 3. The molecule has 0 saturated heterocycles. The van der Waals surface area contributed by atoms with Crippen molar-refractivity contribution in [2.45, 2.75) is 6.54 Å². The monoisotopic (exact) mass is 260 g/mol. The van der Waals surface area contributed by atoms with Crippen LogP contribution in [0.15, 0.2) is 42.6 Å². The number of urea groups is 1. The summed E-state index contributed by atoms with van der Waals surface area (Å²) in [5.74, 6) is -0.185. The van der Waals surface area contributed by atoms with E-state index in [1.54, 1.807) is 18.2 Å². The SMILES string of the molecule is NCc1cccc(NC(=O)Nc2ccc(F)cn2)c1. The van der Waals surface area contributed by atoms with E-state index < -0.39 is 11.8 Å². The molecule has 1 aromatic heterocycles. The second-order valence-corrected chi connectivity index (χ2v) is 3.85. The van der Waals surface area contributed by atoms with Crippen molar-refractivity contribution in [3.8, 4) is 0 Å². The highest BCUT2D eigenvalue weighted by atomic mass is 19.1. The lowest BCUT2D eigenvalue weighted by Gasteiger charge is -2.07. The minimum absolute atomic E-state index is 0.272. The highest BCUT2D eigenvalue weighted by Crippen LogP contribution is 2.11. The molecule has 2 amide bonds. The molecule has 5 nitrogen and oxygen atoms in total. The Kier molecular flexibility index (Phi) is 4.04. The third-order valence-electron chi connectivity index (χ3n) is 2.39. The summed E-state index contributed by atoms with van der Waals surface area (Å²) in [4.78, 5) is 15.4. The molecule has 19 heavy (non-hydrogen) atoms. The molecule has 0 atom stereocenters. The number of benzene rings is 1. The van der Waals surface area contributed by atoms with Crippen molar-refractivity contribution in [3.63, 3.8) is 0 Å². The number of amides is 2. The van der Waals surface area contributed by atoms with Gasteiger partial charge in [-0.25, -0.2) is 14.2 Å². The number of nitrogens with two attached hydrogens (primary N) is 1. The van der Waals surface area contributed by atoms with E-state index in [0.717, 1.165) is 11.8 Å². The molecule has 6 heteroatoms. The van der Waals surface area contributed by atoms with Crippen LogP contribution >= 0.6 is 0 Å². The minimum Gasteiger partial charge on any atom is -0.326 e. The van der Waals surface area contributed by atoms with Crippen molar-refractivity contribution in [2.24, 2.45) is 5.73 Å². The smallest absolute Gasteiger partial charge is 0.324 e. The average Bonchev–Trinajstić information content (AvgIpc) is 2.41. The number of anilines is 2. The molecule has 0 aliphatic carbocycles. The van der Waals surface area contributed by atoms with Gasteiger partial charge in [-0.15, -0.1) is 0 Å². The fourth-order valence-corrected chi connectivity index (χ4v) is 1.50. The Morgan fingerprint density at radius 2 is 2.11 bits per heavy atom. The Labute approximate surface area is 109 Å². The van der Waals surface area contributed by atoms with Crippen molar-refractivity contribution in [1.82, 2.24) is 4.98 Å². The number of carbonyl (C=O) groups excluding carboxylic acids is 1. The van der Waals surface area contributed by atoms with Gasteiger partial charge in [0.25, 0.3) is 0 Å². The standard InChI is InChI=1S/C13H13FN4O/c14-10-4-5-12(16-8-10)18-13(19)17-11-3-1-2-9(6-11)7-15/h1-6,8H,7,15H2,(H2,16,17,18,19). The zero-order valence-corrected chi connectivity index (χ0v) is 10.1. The number of pyridine rings is 1. The van der Waals surface area contributed by atoms with Crippen LogP contribution in [-0.4, -0.2) is 11.0 Å². The van der Waals surface area contributed by atoms with E-state index in [2.05, 4.69) is 15.6 Å². The van der Waals surface area contributed by atoms with Gasteiger partial charge in [-0.3, -0.25) is 5.32 Å². The van der Waals surface area contributed by atoms with Crippen molar-refractivity contribution < 1.29 is 9.18 Å². The summed E-state index contributed by atoms with van der Waals surface area (Å²) in [5.41, 5.74) is 7.06. The molecule has 0 unspecified atom stereocenters. The van der Waals surface area contributed by atoms with E-state index in [9.17, 15) is 9.18 Å². The minimum atomic E-state index is -0.457. The van der Waals surface area contributed by atoms with Gasteiger partial charge in [0.2, 0.25) is 0 Å². The van der Waals surface area contributed by atoms with Crippen LogP contribution in [0.4, 0.5) is 20.7 Å². The molecule has 2 rings (SSSR count). The molecule has 0 aliphatic rings. The number of carbonyl (C=O) groups is 1. The van der Waals surface area contributed by atoms with Gasteiger partial charge in [0.15, 0.2) is 0 Å². The number of aromatic nitrogens is 1. The maximum atomic E-state index is 12.7. The number of nitrogens with zero attached hydrogens (tertiary/aromatic N) is 1. The molecule has 0 fully saturated rings. The van der Waals surface area contributed by atoms with Crippen LogP contribution in [-0.2, 0) is 6.54 Å². The Hall–Kier alpha value is -2.47. The maximum Gasteiger partial charge on any atom is 0.324 e. The predicted molar refractivity (Wildman–Crippen MR) is 71.2 cm³/mol. The number of rotatable bonds is 3. The van der Waals surface area contributed by atoms with Crippen molar-refractivity contribution in [1.29, 1.82) is 0 Å². The van der Waals surface area contributed by atoms with Crippen molar-refractivity contribution in [3.05, 3.63) is 54.0 Å². The third kappa shape index (κ3) is 3.75. The van der Waals surface area contributed by atoms with Crippen LogP contribution in [0.1, 0.15) is 5.56 Å². The summed E-state index contributed by atoms with van der Waals surface area (Å²) in [7, 11) is 0. The summed E-state index contributed by atoms with van der Waals surface area (Å²) in [6.07, 6.45) is 1.03. The number of halogens is 1. The molecule has 0 saturated carbocycles. The molecular weight excluding hydrogens is 247 g/mol. The van der Waals surface area contributed by atoms with E-state index in [4.69, 9.17) is 5.73 Å². The van der Waals surface area contributed by atoms with Gasteiger partial charge >= 0.3 is 6.03 Å². The van der Waals surface area contributed by atoms with Crippen LogP contribution in [0.2, 0.25) is 0 Å². The molecule has 1 heterocycles. The lowest BCUT2D eigenvalue weighted by molar-refractivity contribution is 0.262. The summed E-state index contributed by atoms with van der Waals surface area (Å²) in [5, 5.41) is 5.14. The fraction of sp³-hybridized carbons (Fsp3) is 0.0769. The van der Waals surface area contributed by atoms with Gasteiger partial charge < -0.3 is 11.1 Å². The van der Waals surface area contributed by atoms with Crippen LogP contribution in [0.5, 0.6) is 0 Å². The van der Waals surface area contributed by atoms with Gasteiger partial charge in [-0.1, -0.05) is 12.1 Å². The topological polar surface area (TPSA) is 80.0 Å². The number of nitrogens with one attached hydrogen (secondary N) is 2. The third-order valence-corrected chi connectivity index (χ3v) is 2.39. The molecule has 1 aromatic carbocycles. The molecule has 0 bridgehead atoms. The molecule has 4 N–H and O–H groups in total. The van der Waals surface area contributed by atoms with E-state index in [1.807, 2.05) is 6.07 Å². The van der Waals surface area contributed by atoms with Gasteiger partial charge in [0, 0.05) is 12.2 Å². The molecule has 0 aliphatic heterocycles. The predicted octanol–water partition coefficient (Wildman–Crippen LogP) is 2.32. The van der Waals surface area contributed by atoms with Crippen LogP contribution < -0.4 is 16.4 Å². The van der Waals surface area contributed by atoms with Crippen LogP contribution in [0.3, 0.4) is 0 Å². The maximum absolute atomic E-state index is 12.7. The summed E-state index contributed by atoms with van der Waals surface area (Å²) >= 11 is 0. The van der Waals surface area contributed by atoms with Crippen LogP contribution in [0.25, 0.3) is 0 Å². The van der Waals surface area contributed by atoms with Crippen molar-refractivity contribution in [2.75, 3.05) is 10.6 Å². The summed E-state index contributed by atoms with van der Waals surface area (Å²) < 4.78 is 12.7. The molecule has 0 radical (unpaired) electrons. The Balaban J connectivity index is 1.99. The fourth-order valence-electron chi connectivity index (χ4n) is 1.50. The largest absolute Gasteiger partial charge is 0.326 e. The highest BCUT2D eigenvalue weighted by molar-refractivity contribution is 5.99. The van der Waals surface area contributed by atoms with E-state index >= 15 is 0 Å². The molecule has 98 valence electrons. The molecule has 2 aromatic rings. The first-order valence-corrected chi connectivity index (χ1v) is 5.66. The number of hydrogen-bond acceptors (Lipinski definition) is 3. The van der Waals surface area contributed by atoms with E-state index in [-0.39, 0.29) is 5.82 Å². The van der Waals surface area contributed by atoms with Crippen molar-refractivity contribution >= 4 is 17.5 Å². The zero-order valence-electron chi connectivity index (χ0n) is 10.1. The Morgan fingerprint density at radius 3 is 2.79 bits per heavy atom.